The molecule has 0 N–H and O–H groups in total. The van der Waals surface area contributed by atoms with Crippen LogP contribution in [0.15, 0.2) is 33.3 Å². The van der Waals surface area contributed by atoms with Gasteiger partial charge in [-0.2, -0.15) is 0 Å². The highest BCUT2D eigenvalue weighted by Gasteiger charge is 2.33. The van der Waals surface area contributed by atoms with Gasteiger partial charge in [-0.25, -0.2) is 4.79 Å². The van der Waals surface area contributed by atoms with E-state index in [1.165, 1.54) is 0 Å². The van der Waals surface area contributed by atoms with Crippen LogP contribution in [0.5, 0.6) is 0 Å². The van der Waals surface area contributed by atoms with Crippen molar-refractivity contribution in [1.82, 2.24) is 5.16 Å². The molecule has 0 unspecified atom stereocenters. The van der Waals surface area contributed by atoms with E-state index in [1.807, 2.05) is 0 Å². The van der Waals surface area contributed by atoms with E-state index in [0.29, 0.717) is 5.56 Å². The Balaban J connectivity index is 2.55. The van der Waals surface area contributed by atoms with Crippen molar-refractivity contribution in [2.45, 2.75) is 6.92 Å². The summed E-state index contributed by atoms with van der Waals surface area (Å²) in [4.78, 5) is 22.1. The molecule has 0 spiro atoms. The third-order valence-electron chi connectivity index (χ3n) is 2.41. The van der Waals surface area contributed by atoms with Crippen LogP contribution < -0.4 is 0 Å². The largest absolute Gasteiger partial charge is 0.461 e. The molecule has 7 nitrogen and oxygen atoms in total. The number of carbonyl (C=O) groups is 1. The molecule has 1 aromatic heterocycles. The number of esters is 1. The normalized spacial score (nSPS) is 10.3. The van der Waals surface area contributed by atoms with Crippen LogP contribution in [0.1, 0.15) is 17.4 Å². The van der Waals surface area contributed by atoms with E-state index < -0.39 is 22.3 Å². The minimum absolute atomic E-state index is 0.0839. The highest BCUT2D eigenvalue weighted by Crippen LogP contribution is 2.34. The molecular weight excluding hydrogens is 332 g/mol. The second-order valence-electron chi connectivity index (χ2n) is 3.70. The maximum absolute atomic E-state index is 11.6. The Morgan fingerprint density at radius 1 is 1.55 bits per heavy atom. The molecule has 2 aromatic rings. The first-order chi connectivity index (χ1) is 9.54. The molecule has 0 aliphatic carbocycles. The van der Waals surface area contributed by atoms with Crippen molar-refractivity contribution in [1.29, 1.82) is 0 Å². The molecule has 20 heavy (non-hydrogen) atoms. The van der Waals surface area contributed by atoms with Crippen molar-refractivity contribution in [3.8, 4) is 11.3 Å². The van der Waals surface area contributed by atoms with Gasteiger partial charge in [-0.3, -0.25) is 10.1 Å². The Labute approximate surface area is 121 Å². The molecule has 0 amide bonds. The number of ether oxygens (including phenoxy) is 1. The number of rotatable bonds is 4. The number of hydrogen-bond donors (Lipinski definition) is 0. The average Bonchev–Trinajstić information content (AvgIpc) is 2.83. The Morgan fingerprint density at radius 2 is 2.30 bits per heavy atom. The van der Waals surface area contributed by atoms with Gasteiger partial charge in [0.05, 0.1) is 11.5 Å². The molecule has 0 atom stereocenters. The summed E-state index contributed by atoms with van der Waals surface area (Å²) in [5.41, 5.74) is -0.498. The summed E-state index contributed by atoms with van der Waals surface area (Å²) in [6.07, 6.45) is 0. The van der Waals surface area contributed by atoms with Crippen LogP contribution in [0.2, 0.25) is 0 Å². The number of halogens is 1. The molecule has 0 radical (unpaired) electrons. The van der Waals surface area contributed by atoms with Gasteiger partial charge in [-0.1, -0.05) is 33.2 Å². The molecule has 8 heteroatoms. The lowest BCUT2D eigenvalue weighted by Gasteiger charge is -1.98. The standard InChI is InChI=1S/C12H9BrN2O5/c1-2-19-12(16)9-10(15(17)18)11(20-14-9)7-4-3-5-8(13)6-7/h3-6H,2H2,1H3. The first-order valence-corrected chi connectivity index (χ1v) is 6.41. The number of nitrogens with zero attached hydrogens (tertiary/aromatic N) is 2. The van der Waals surface area contributed by atoms with E-state index in [-0.39, 0.29) is 12.4 Å². The van der Waals surface area contributed by atoms with E-state index >= 15 is 0 Å². The van der Waals surface area contributed by atoms with Crippen LogP contribution in [0.4, 0.5) is 5.69 Å². The monoisotopic (exact) mass is 340 g/mol. The minimum atomic E-state index is -0.885. The van der Waals surface area contributed by atoms with Gasteiger partial charge in [0.25, 0.3) is 5.69 Å². The van der Waals surface area contributed by atoms with E-state index in [4.69, 9.17) is 9.26 Å². The fraction of sp³-hybridized carbons (Fsp3) is 0.167. The smallest absolute Gasteiger partial charge is 0.367 e. The number of carbonyl (C=O) groups excluding carboxylic acids is 1. The summed E-state index contributed by atoms with van der Waals surface area (Å²) in [6.45, 7) is 1.69. The summed E-state index contributed by atoms with van der Waals surface area (Å²) < 4.78 is 10.4. The maximum atomic E-state index is 11.6. The Kier molecular flexibility index (Phi) is 4.14. The van der Waals surface area contributed by atoms with Crippen molar-refractivity contribution in [3.63, 3.8) is 0 Å². The number of aromatic nitrogens is 1. The van der Waals surface area contributed by atoms with Gasteiger partial charge in [0.1, 0.15) is 0 Å². The molecule has 104 valence electrons. The lowest BCUT2D eigenvalue weighted by atomic mass is 10.1. The topological polar surface area (TPSA) is 95.5 Å². The SMILES string of the molecule is CCOC(=O)c1noc(-c2cccc(Br)c2)c1[N+](=O)[O-]. The summed E-state index contributed by atoms with van der Waals surface area (Å²) in [6, 6.07) is 6.70. The second kappa shape index (κ2) is 5.83. The van der Waals surface area contributed by atoms with Gasteiger partial charge in [-0.15, -0.1) is 0 Å². The lowest BCUT2D eigenvalue weighted by Crippen LogP contribution is -2.07. The molecule has 1 heterocycles. The van der Waals surface area contributed by atoms with Gasteiger partial charge < -0.3 is 9.26 Å². The van der Waals surface area contributed by atoms with Crippen LogP contribution >= 0.6 is 15.9 Å². The molecule has 0 saturated heterocycles. The van der Waals surface area contributed by atoms with E-state index in [9.17, 15) is 14.9 Å². The van der Waals surface area contributed by atoms with Crippen molar-refractivity contribution < 1.29 is 19.0 Å². The fourth-order valence-electron chi connectivity index (χ4n) is 1.61. The van der Waals surface area contributed by atoms with E-state index in [1.54, 1.807) is 31.2 Å². The molecule has 0 aliphatic heterocycles. The molecule has 0 fully saturated rings. The molecular formula is C12H9BrN2O5. The molecule has 0 saturated carbocycles. The lowest BCUT2D eigenvalue weighted by molar-refractivity contribution is -0.384. The first-order valence-electron chi connectivity index (χ1n) is 5.61. The van der Waals surface area contributed by atoms with Gasteiger partial charge in [0.2, 0.25) is 5.76 Å². The van der Waals surface area contributed by atoms with Crippen LogP contribution in [-0.2, 0) is 4.74 Å². The van der Waals surface area contributed by atoms with Crippen molar-refractivity contribution in [2.75, 3.05) is 6.61 Å². The van der Waals surface area contributed by atoms with Crippen molar-refractivity contribution in [3.05, 3.63) is 44.5 Å². The van der Waals surface area contributed by atoms with Crippen LogP contribution in [0, 0.1) is 10.1 Å². The highest BCUT2D eigenvalue weighted by molar-refractivity contribution is 9.10. The predicted molar refractivity (Wildman–Crippen MR) is 72.2 cm³/mol. The van der Waals surface area contributed by atoms with Crippen molar-refractivity contribution in [2.24, 2.45) is 0 Å². The molecule has 2 rings (SSSR count). The summed E-state index contributed by atoms with van der Waals surface area (Å²) in [5, 5.41) is 14.6. The average molecular weight is 341 g/mol. The van der Waals surface area contributed by atoms with Gasteiger partial charge in [-0.05, 0) is 19.1 Å². The second-order valence-corrected chi connectivity index (χ2v) is 4.61. The van der Waals surface area contributed by atoms with Crippen LogP contribution in [0.25, 0.3) is 11.3 Å². The molecule has 1 aromatic carbocycles. The van der Waals surface area contributed by atoms with Gasteiger partial charge >= 0.3 is 11.7 Å². The maximum Gasteiger partial charge on any atom is 0.367 e. The predicted octanol–water partition coefficient (Wildman–Crippen LogP) is 3.19. The zero-order valence-electron chi connectivity index (χ0n) is 10.3. The zero-order valence-corrected chi connectivity index (χ0v) is 11.9. The first kappa shape index (κ1) is 14.2. The highest BCUT2D eigenvalue weighted by atomic mass is 79.9. The quantitative estimate of drug-likeness (QED) is 0.481. The number of benzene rings is 1. The Morgan fingerprint density at radius 3 is 2.90 bits per heavy atom. The molecule has 0 bridgehead atoms. The summed E-state index contributed by atoms with van der Waals surface area (Å²) >= 11 is 3.26. The third-order valence-corrected chi connectivity index (χ3v) is 2.90. The molecule has 0 aliphatic rings. The van der Waals surface area contributed by atoms with E-state index in [2.05, 4.69) is 21.1 Å². The Bertz CT molecular complexity index is 668. The fourth-order valence-corrected chi connectivity index (χ4v) is 2.01. The summed E-state index contributed by atoms with van der Waals surface area (Å²) in [5.74, 6) is -0.969. The number of nitro groups is 1. The third kappa shape index (κ3) is 2.69. The van der Waals surface area contributed by atoms with E-state index in [0.717, 1.165) is 4.47 Å². The van der Waals surface area contributed by atoms with Gasteiger partial charge in [0.15, 0.2) is 0 Å². The van der Waals surface area contributed by atoms with Crippen molar-refractivity contribution >= 4 is 27.6 Å². The summed E-state index contributed by atoms with van der Waals surface area (Å²) in [7, 11) is 0. The zero-order chi connectivity index (χ0) is 14.7. The van der Waals surface area contributed by atoms with Crippen LogP contribution in [-0.4, -0.2) is 22.7 Å². The van der Waals surface area contributed by atoms with Crippen LogP contribution in [0.3, 0.4) is 0 Å². The Hall–Kier alpha value is -2.22. The van der Waals surface area contributed by atoms with Gasteiger partial charge in [0, 0.05) is 10.0 Å². The minimum Gasteiger partial charge on any atom is -0.461 e. The number of hydrogen-bond acceptors (Lipinski definition) is 6.